The number of rotatable bonds is 5. The second kappa shape index (κ2) is 6.33. The van der Waals surface area contributed by atoms with Crippen molar-refractivity contribution >= 4 is 29.0 Å². The van der Waals surface area contributed by atoms with E-state index in [0.29, 0.717) is 4.88 Å². The number of aliphatic carboxylic acids is 1. The Balaban J connectivity index is 2.59. The van der Waals surface area contributed by atoms with E-state index < -0.39 is 24.1 Å². The average molecular weight is 285 g/mol. The summed E-state index contributed by atoms with van der Waals surface area (Å²) in [5, 5.41) is 14.2. The van der Waals surface area contributed by atoms with E-state index in [4.69, 9.17) is 14.7 Å². The Labute approximate surface area is 114 Å². The molecule has 1 rings (SSSR count). The van der Waals surface area contributed by atoms with Gasteiger partial charge in [-0.2, -0.15) is 0 Å². The molecule has 0 radical (unpaired) electrons. The SMILES string of the molecule is CC(C)(C)OC(=O)CO/N=C(\C(=O)O)c1cccs1. The molecule has 6 nitrogen and oxygen atoms in total. The largest absolute Gasteiger partial charge is 0.476 e. The Bertz CT molecular complexity index is 473. The third kappa shape index (κ3) is 5.52. The highest BCUT2D eigenvalue weighted by Crippen LogP contribution is 2.11. The van der Waals surface area contributed by atoms with Crippen LogP contribution in [0.4, 0.5) is 0 Å². The van der Waals surface area contributed by atoms with Crippen molar-refractivity contribution < 1.29 is 24.3 Å². The molecule has 0 aromatic carbocycles. The predicted octanol–water partition coefficient (Wildman–Crippen LogP) is 1.90. The van der Waals surface area contributed by atoms with Crippen molar-refractivity contribution in [1.29, 1.82) is 0 Å². The highest BCUT2D eigenvalue weighted by atomic mass is 32.1. The van der Waals surface area contributed by atoms with Gasteiger partial charge in [0, 0.05) is 0 Å². The summed E-state index contributed by atoms with van der Waals surface area (Å²) in [6.45, 7) is 4.74. The topological polar surface area (TPSA) is 85.2 Å². The Morgan fingerprint density at radius 1 is 1.42 bits per heavy atom. The molecule has 1 N–H and O–H groups in total. The maximum Gasteiger partial charge on any atom is 0.359 e. The maximum absolute atomic E-state index is 11.3. The van der Waals surface area contributed by atoms with Gasteiger partial charge in [-0.1, -0.05) is 11.2 Å². The molecule has 7 heteroatoms. The van der Waals surface area contributed by atoms with Gasteiger partial charge in [-0.3, -0.25) is 0 Å². The lowest BCUT2D eigenvalue weighted by molar-refractivity contribution is -0.160. The molecule has 1 heterocycles. The van der Waals surface area contributed by atoms with Crippen molar-refractivity contribution in [2.24, 2.45) is 5.16 Å². The molecule has 0 aliphatic heterocycles. The van der Waals surface area contributed by atoms with Crippen LogP contribution >= 0.6 is 11.3 Å². The van der Waals surface area contributed by atoms with E-state index in [9.17, 15) is 9.59 Å². The van der Waals surface area contributed by atoms with Crippen LogP contribution in [0.2, 0.25) is 0 Å². The number of esters is 1. The van der Waals surface area contributed by atoms with Crippen LogP contribution in [0.3, 0.4) is 0 Å². The molecule has 0 fully saturated rings. The monoisotopic (exact) mass is 285 g/mol. The van der Waals surface area contributed by atoms with Crippen LogP contribution in [0.5, 0.6) is 0 Å². The smallest absolute Gasteiger partial charge is 0.359 e. The first-order chi connectivity index (χ1) is 8.79. The molecular formula is C12H15NO5S. The molecule has 0 amide bonds. The molecule has 1 aromatic rings. The lowest BCUT2D eigenvalue weighted by Crippen LogP contribution is -2.26. The highest BCUT2D eigenvalue weighted by molar-refractivity contribution is 7.13. The minimum Gasteiger partial charge on any atom is -0.476 e. The molecule has 0 aliphatic rings. The zero-order valence-electron chi connectivity index (χ0n) is 10.9. The molecule has 0 bridgehead atoms. The molecule has 0 aliphatic carbocycles. The number of thiophene rings is 1. The summed E-state index contributed by atoms with van der Waals surface area (Å²) in [4.78, 5) is 27.5. The van der Waals surface area contributed by atoms with Crippen LogP contribution in [0, 0.1) is 0 Å². The number of carbonyl (C=O) groups excluding carboxylic acids is 1. The molecule has 104 valence electrons. The van der Waals surface area contributed by atoms with Crippen molar-refractivity contribution in [2.45, 2.75) is 26.4 Å². The van der Waals surface area contributed by atoms with Gasteiger partial charge >= 0.3 is 11.9 Å². The second-order valence-electron chi connectivity index (χ2n) is 4.58. The first-order valence-corrected chi connectivity index (χ1v) is 6.36. The van der Waals surface area contributed by atoms with Crippen LogP contribution in [0.25, 0.3) is 0 Å². The van der Waals surface area contributed by atoms with E-state index in [0.717, 1.165) is 0 Å². The molecule has 0 saturated carbocycles. The number of hydrogen-bond acceptors (Lipinski definition) is 6. The number of ether oxygens (including phenoxy) is 1. The minimum absolute atomic E-state index is 0.237. The number of hydrogen-bond donors (Lipinski definition) is 1. The number of oxime groups is 1. The number of carbonyl (C=O) groups is 2. The third-order valence-corrected chi connectivity index (χ3v) is 2.59. The number of nitrogens with zero attached hydrogens (tertiary/aromatic N) is 1. The van der Waals surface area contributed by atoms with Crippen LogP contribution < -0.4 is 0 Å². The van der Waals surface area contributed by atoms with E-state index in [1.54, 1.807) is 38.3 Å². The van der Waals surface area contributed by atoms with E-state index >= 15 is 0 Å². The van der Waals surface area contributed by atoms with Gasteiger partial charge in [-0.05, 0) is 32.2 Å². The Kier molecular flexibility index (Phi) is 5.05. The van der Waals surface area contributed by atoms with Gasteiger partial charge in [0.1, 0.15) is 5.60 Å². The van der Waals surface area contributed by atoms with Gasteiger partial charge in [0.2, 0.25) is 12.3 Å². The number of carboxylic acid groups (broad SMARTS) is 1. The van der Waals surface area contributed by atoms with E-state index in [-0.39, 0.29) is 5.71 Å². The van der Waals surface area contributed by atoms with Crippen molar-refractivity contribution in [3.63, 3.8) is 0 Å². The fraction of sp³-hybridized carbons (Fsp3) is 0.417. The molecule has 0 saturated heterocycles. The predicted molar refractivity (Wildman–Crippen MR) is 70.3 cm³/mol. The van der Waals surface area contributed by atoms with Crippen LogP contribution in [0.1, 0.15) is 25.6 Å². The third-order valence-electron chi connectivity index (χ3n) is 1.72. The standard InChI is InChI=1S/C12H15NO5S/c1-12(2,3)18-9(14)7-17-13-10(11(15)16)8-5-4-6-19-8/h4-6H,7H2,1-3H3,(H,15,16)/b13-10-. The first-order valence-electron chi connectivity index (χ1n) is 5.48. The molecular weight excluding hydrogens is 270 g/mol. The Morgan fingerprint density at radius 2 is 2.11 bits per heavy atom. The van der Waals surface area contributed by atoms with E-state index in [2.05, 4.69) is 5.16 Å². The van der Waals surface area contributed by atoms with Gasteiger partial charge in [0.25, 0.3) is 0 Å². The van der Waals surface area contributed by atoms with Gasteiger partial charge in [-0.25, -0.2) is 9.59 Å². The average Bonchev–Trinajstić information content (AvgIpc) is 2.74. The van der Waals surface area contributed by atoms with Gasteiger partial charge in [-0.15, -0.1) is 11.3 Å². The quantitative estimate of drug-likeness (QED) is 0.507. The van der Waals surface area contributed by atoms with Crippen LogP contribution in [-0.2, 0) is 19.2 Å². The summed E-state index contributed by atoms with van der Waals surface area (Å²) in [6, 6.07) is 3.31. The maximum atomic E-state index is 11.3. The fourth-order valence-corrected chi connectivity index (χ4v) is 1.82. The lowest BCUT2D eigenvalue weighted by atomic mass is 10.2. The van der Waals surface area contributed by atoms with E-state index in [1.165, 1.54) is 11.3 Å². The molecule has 0 unspecified atom stereocenters. The molecule has 0 spiro atoms. The van der Waals surface area contributed by atoms with Crippen LogP contribution in [0.15, 0.2) is 22.7 Å². The second-order valence-corrected chi connectivity index (χ2v) is 5.53. The normalized spacial score (nSPS) is 12.1. The summed E-state index contributed by atoms with van der Waals surface area (Å²) >= 11 is 1.22. The van der Waals surface area contributed by atoms with Gasteiger partial charge < -0.3 is 14.7 Å². The lowest BCUT2D eigenvalue weighted by Gasteiger charge is -2.18. The first kappa shape index (κ1) is 15.2. The molecule has 0 atom stereocenters. The summed E-state index contributed by atoms with van der Waals surface area (Å²) in [7, 11) is 0. The van der Waals surface area contributed by atoms with Crippen LogP contribution in [-0.4, -0.2) is 35.0 Å². The minimum atomic E-state index is -1.22. The summed E-state index contributed by atoms with van der Waals surface area (Å²) in [5.41, 5.74) is -0.855. The van der Waals surface area contributed by atoms with E-state index in [1.807, 2.05) is 0 Å². The summed E-state index contributed by atoms with van der Waals surface area (Å²) in [5.74, 6) is -1.82. The van der Waals surface area contributed by atoms with Crippen molar-refractivity contribution in [1.82, 2.24) is 0 Å². The van der Waals surface area contributed by atoms with Gasteiger partial charge in [0.05, 0.1) is 4.88 Å². The van der Waals surface area contributed by atoms with Gasteiger partial charge in [0.15, 0.2) is 0 Å². The zero-order valence-corrected chi connectivity index (χ0v) is 11.7. The number of carboxylic acids is 1. The summed E-state index contributed by atoms with van der Waals surface area (Å²) in [6.07, 6.45) is 0. The fourth-order valence-electron chi connectivity index (χ4n) is 1.12. The Morgan fingerprint density at radius 3 is 2.58 bits per heavy atom. The Hall–Kier alpha value is -1.89. The van der Waals surface area contributed by atoms with Crippen molar-refractivity contribution in [2.75, 3.05) is 6.61 Å². The molecule has 1 aromatic heterocycles. The van der Waals surface area contributed by atoms with Crippen molar-refractivity contribution in [3.05, 3.63) is 22.4 Å². The zero-order chi connectivity index (χ0) is 14.5. The summed E-state index contributed by atoms with van der Waals surface area (Å²) < 4.78 is 4.99. The highest BCUT2D eigenvalue weighted by Gasteiger charge is 2.18. The molecule has 19 heavy (non-hydrogen) atoms. The van der Waals surface area contributed by atoms with Crippen molar-refractivity contribution in [3.8, 4) is 0 Å².